The number of rotatable bonds is 2. The van der Waals surface area contributed by atoms with E-state index in [9.17, 15) is 9.90 Å². The van der Waals surface area contributed by atoms with Crippen LogP contribution < -0.4 is 0 Å². The Morgan fingerprint density at radius 1 is 1.06 bits per heavy atom. The predicted octanol–water partition coefficient (Wildman–Crippen LogP) is 2.76. The van der Waals surface area contributed by atoms with E-state index in [1.165, 1.54) is 12.1 Å². The maximum absolute atomic E-state index is 12.2. The number of carbonyl (C=O) groups excluding carboxylic acids is 1. The van der Waals surface area contributed by atoms with E-state index in [-0.39, 0.29) is 17.2 Å². The van der Waals surface area contributed by atoms with Crippen LogP contribution in [0, 0.1) is 0 Å². The van der Waals surface area contributed by atoms with Gasteiger partial charge in [0.2, 0.25) is 5.78 Å². The Labute approximate surface area is 102 Å². The fraction of sp³-hybridized carbons (Fsp3) is 0. The first-order valence-electron chi connectivity index (χ1n) is 5.44. The summed E-state index contributed by atoms with van der Waals surface area (Å²) in [6.07, 6.45) is 0. The van der Waals surface area contributed by atoms with Crippen molar-refractivity contribution in [1.29, 1.82) is 0 Å². The van der Waals surface area contributed by atoms with Gasteiger partial charge in [-0.1, -0.05) is 17.3 Å². The zero-order chi connectivity index (χ0) is 12.5. The summed E-state index contributed by atoms with van der Waals surface area (Å²) in [5, 5.41) is 13.7. The number of hydrogen-bond acceptors (Lipinski definition) is 4. The number of nitrogens with zero attached hydrogens (tertiary/aromatic N) is 1. The van der Waals surface area contributed by atoms with Crippen molar-refractivity contribution in [3.05, 3.63) is 59.8 Å². The number of aromatic nitrogens is 1. The van der Waals surface area contributed by atoms with Crippen molar-refractivity contribution in [2.24, 2.45) is 0 Å². The van der Waals surface area contributed by atoms with Crippen molar-refractivity contribution in [1.82, 2.24) is 5.16 Å². The molecule has 0 saturated heterocycles. The molecule has 0 bridgehead atoms. The third kappa shape index (κ3) is 1.64. The van der Waals surface area contributed by atoms with E-state index in [0.717, 1.165) is 0 Å². The molecule has 3 rings (SSSR count). The second-order valence-corrected chi connectivity index (χ2v) is 3.90. The molecular formula is C14H9NO3. The zero-order valence-electron chi connectivity index (χ0n) is 9.33. The number of benzene rings is 2. The molecule has 4 nitrogen and oxygen atoms in total. The fourth-order valence-electron chi connectivity index (χ4n) is 1.80. The SMILES string of the molecule is O=C(c1ccc(O)cc1)c1noc2ccccc12. The lowest BCUT2D eigenvalue weighted by Gasteiger charge is -1.97. The van der Waals surface area contributed by atoms with Gasteiger partial charge in [0.25, 0.3) is 0 Å². The second kappa shape index (κ2) is 4.00. The Morgan fingerprint density at radius 2 is 1.78 bits per heavy atom. The molecule has 1 aromatic heterocycles. The number of hydrogen-bond donors (Lipinski definition) is 1. The highest BCUT2D eigenvalue weighted by Crippen LogP contribution is 2.21. The molecule has 1 heterocycles. The van der Waals surface area contributed by atoms with Crippen LogP contribution in [0.3, 0.4) is 0 Å². The maximum atomic E-state index is 12.2. The molecular weight excluding hydrogens is 230 g/mol. The lowest BCUT2D eigenvalue weighted by Crippen LogP contribution is -2.01. The van der Waals surface area contributed by atoms with Crippen LogP contribution in [0.15, 0.2) is 53.1 Å². The summed E-state index contributed by atoms with van der Waals surface area (Å²) in [5.41, 5.74) is 1.34. The summed E-state index contributed by atoms with van der Waals surface area (Å²) >= 11 is 0. The standard InChI is InChI=1S/C14H9NO3/c16-10-7-5-9(6-8-10)14(17)13-11-3-1-2-4-12(11)18-15-13/h1-8,16H. The quantitative estimate of drug-likeness (QED) is 0.698. The van der Waals surface area contributed by atoms with Crippen molar-refractivity contribution in [2.45, 2.75) is 0 Å². The van der Waals surface area contributed by atoms with E-state index in [2.05, 4.69) is 5.16 Å². The van der Waals surface area contributed by atoms with Gasteiger partial charge >= 0.3 is 0 Å². The molecule has 3 aromatic rings. The van der Waals surface area contributed by atoms with E-state index in [1.807, 2.05) is 12.1 Å². The Balaban J connectivity index is 2.09. The Bertz CT molecular complexity index is 713. The van der Waals surface area contributed by atoms with E-state index in [0.29, 0.717) is 16.5 Å². The maximum Gasteiger partial charge on any atom is 0.215 e. The van der Waals surface area contributed by atoms with Crippen LogP contribution in [-0.2, 0) is 0 Å². The van der Waals surface area contributed by atoms with E-state index < -0.39 is 0 Å². The monoisotopic (exact) mass is 239 g/mol. The van der Waals surface area contributed by atoms with Gasteiger partial charge in [-0.3, -0.25) is 4.79 Å². The molecule has 0 unspecified atom stereocenters. The van der Waals surface area contributed by atoms with Gasteiger partial charge in [0.15, 0.2) is 11.3 Å². The number of phenols is 1. The van der Waals surface area contributed by atoms with Crippen LogP contribution in [0.25, 0.3) is 11.0 Å². The Hall–Kier alpha value is -2.62. The van der Waals surface area contributed by atoms with Crippen LogP contribution in [0.4, 0.5) is 0 Å². The first-order chi connectivity index (χ1) is 8.75. The van der Waals surface area contributed by atoms with Crippen molar-refractivity contribution < 1.29 is 14.4 Å². The number of fused-ring (bicyclic) bond motifs is 1. The van der Waals surface area contributed by atoms with Crippen molar-refractivity contribution in [2.75, 3.05) is 0 Å². The lowest BCUT2D eigenvalue weighted by molar-refractivity contribution is 0.103. The zero-order valence-corrected chi connectivity index (χ0v) is 9.33. The molecule has 88 valence electrons. The second-order valence-electron chi connectivity index (χ2n) is 3.90. The molecule has 0 aliphatic heterocycles. The van der Waals surface area contributed by atoms with Gasteiger partial charge in [-0.2, -0.15) is 0 Å². The van der Waals surface area contributed by atoms with Gasteiger partial charge in [-0.15, -0.1) is 0 Å². The molecule has 0 saturated carbocycles. The van der Waals surface area contributed by atoms with Gasteiger partial charge in [0.1, 0.15) is 5.75 Å². The van der Waals surface area contributed by atoms with Crippen molar-refractivity contribution in [3.63, 3.8) is 0 Å². The van der Waals surface area contributed by atoms with Gasteiger partial charge in [0.05, 0.1) is 5.39 Å². The summed E-state index contributed by atoms with van der Waals surface area (Å²) in [4.78, 5) is 12.2. The van der Waals surface area contributed by atoms with Gasteiger partial charge < -0.3 is 9.63 Å². The van der Waals surface area contributed by atoms with E-state index >= 15 is 0 Å². The summed E-state index contributed by atoms with van der Waals surface area (Å²) in [7, 11) is 0. The van der Waals surface area contributed by atoms with Gasteiger partial charge in [0, 0.05) is 5.56 Å². The highest BCUT2D eigenvalue weighted by molar-refractivity contribution is 6.14. The molecule has 0 fully saturated rings. The highest BCUT2D eigenvalue weighted by Gasteiger charge is 2.17. The minimum Gasteiger partial charge on any atom is -0.508 e. The fourth-order valence-corrected chi connectivity index (χ4v) is 1.80. The van der Waals surface area contributed by atoms with Crippen LogP contribution >= 0.6 is 0 Å². The Kier molecular flexibility index (Phi) is 2.34. The lowest BCUT2D eigenvalue weighted by atomic mass is 10.1. The van der Waals surface area contributed by atoms with Gasteiger partial charge in [-0.25, -0.2) is 0 Å². The molecule has 4 heteroatoms. The van der Waals surface area contributed by atoms with Crippen LogP contribution in [0.1, 0.15) is 16.1 Å². The number of para-hydroxylation sites is 1. The summed E-state index contributed by atoms with van der Waals surface area (Å²) in [6.45, 7) is 0. The summed E-state index contributed by atoms with van der Waals surface area (Å²) in [5.74, 6) is -0.100. The van der Waals surface area contributed by atoms with Crippen LogP contribution in [-0.4, -0.2) is 16.0 Å². The summed E-state index contributed by atoms with van der Waals surface area (Å²) in [6, 6.07) is 13.2. The van der Waals surface area contributed by atoms with E-state index in [4.69, 9.17) is 4.52 Å². The minimum atomic E-state index is -0.222. The third-order valence-electron chi connectivity index (χ3n) is 2.72. The number of aromatic hydroxyl groups is 1. The molecule has 0 amide bonds. The van der Waals surface area contributed by atoms with Crippen molar-refractivity contribution in [3.8, 4) is 5.75 Å². The topological polar surface area (TPSA) is 63.3 Å². The molecule has 0 radical (unpaired) electrons. The normalized spacial score (nSPS) is 10.7. The smallest absolute Gasteiger partial charge is 0.215 e. The van der Waals surface area contributed by atoms with E-state index in [1.54, 1.807) is 24.3 Å². The highest BCUT2D eigenvalue weighted by atomic mass is 16.5. The molecule has 0 spiro atoms. The molecule has 18 heavy (non-hydrogen) atoms. The molecule has 0 aliphatic carbocycles. The summed E-state index contributed by atoms with van der Waals surface area (Å²) < 4.78 is 5.10. The molecule has 0 aliphatic rings. The van der Waals surface area contributed by atoms with Crippen LogP contribution in [0.2, 0.25) is 0 Å². The van der Waals surface area contributed by atoms with Gasteiger partial charge in [-0.05, 0) is 36.4 Å². The number of carbonyl (C=O) groups is 1. The first-order valence-corrected chi connectivity index (χ1v) is 5.44. The largest absolute Gasteiger partial charge is 0.508 e. The molecule has 2 aromatic carbocycles. The average molecular weight is 239 g/mol. The Morgan fingerprint density at radius 3 is 2.56 bits per heavy atom. The molecule has 0 atom stereocenters. The first kappa shape index (κ1) is 10.5. The predicted molar refractivity (Wildman–Crippen MR) is 65.5 cm³/mol. The van der Waals surface area contributed by atoms with Crippen LogP contribution in [0.5, 0.6) is 5.75 Å². The molecule has 1 N–H and O–H groups in total. The van der Waals surface area contributed by atoms with Crippen molar-refractivity contribution >= 4 is 16.8 Å². The number of phenolic OH excluding ortho intramolecular Hbond substituents is 1. The average Bonchev–Trinajstić information content (AvgIpc) is 2.82. The number of ketones is 1. The minimum absolute atomic E-state index is 0.122. The third-order valence-corrected chi connectivity index (χ3v) is 2.72.